The number of H-pyrrole nitrogens is 1. The second kappa shape index (κ2) is 4.68. The lowest BCUT2D eigenvalue weighted by atomic mass is 9.97. The minimum absolute atomic E-state index is 0.0335. The Hall–Kier alpha value is -1.85. The first-order valence-electron chi connectivity index (χ1n) is 6.51. The number of hydrogen-bond donors (Lipinski definition) is 1. The van der Waals surface area contributed by atoms with Crippen LogP contribution in [-0.4, -0.2) is 19.1 Å². The minimum Gasteiger partial charge on any atom is -0.324 e. The number of nitrogens with one attached hydrogen (secondary N) is 1. The van der Waals surface area contributed by atoms with Crippen LogP contribution in [0, 0.1) is 5.41 Å². The fourth-order valence-corrected chi connectivity index (χ4v) is 2.18. The third-order valence-corrected chi connectivity index (χ3v) is 2.85. The summed E-state index contributed by atoms with van der Waals surface area (Å²) in [6.07, 6.45) is 2.45. The van der Waals surface area contributed by atoms with Crippen molar-refractivity contribution in [2.45, 2.75) is 47.2 Å². The average molecular weight is 264 g/mol. The highest BCUT2D eigenvalue weighted by Gasteiger charge is 2.17. The van der Waals surface area contributed by atoms with Crippen LogP contribution in [0.2, 0.25) is 0 Å². The molecule has 0 saturated carbocycles. The van der Waals surface area contributed by atoms with Gasteiger partial charge in [0.15, 0.2) is 11.2 Å². The van der Waals surface area contributed by atoms with Gasteiger partial charge in [-0.1, -0.05) is 27.7 Å². The van der Waals surface area contributed by atoms with E-state index in [0.717, 1.165) is 6.42 Å². The lowest BCUT2D eigenvalue weighted by Crippen LogP contribution is -2.31. The Balaban J connectivity index is 2.69. The number of aryl methyl sites for hydroxylation is 1. The maximum absolute atomic E-state index is 12.0. The summed E-state index contributed by atoms with van der Waals surface area (Å²) in [5, 5.41) is 0. The molecule has 6 nitrogen and oxygen atoms in total. The fourth-order valence-electron chi connectivity index (χ4n) is 2.18. The van der Waals surface area contributed by atoms with Crippen LogP contribution >= 0.6 is 0 Å². The predicted molar refractivity (Wildman–Crippen MR) is 74.4 cm³/mol. The molecule has 2 heterocycles. The molecule has 0 fully saturated rings. The smallest absolute Gasteiger partial charge is 0.324 e. The number of fused-ring (bicyclic) bond motifs is 1. The van der Waals surface area contributed by atoms with Gasteiger partial charge >= 0.3 is 5.69 Å². The third-order valence-electron chi connectivity index (χ3n) is 2.85. The molecule has 0 bridgehead atoms. The lowest BCUT2D eigenvalue weighted by molar-refractivity contribution is 0.348. The van der Waals surface area contributed by atoms with Crippen molar-refractivity contribution in [3.8, 4) is 0 Å². The number of imidazole rings is 1. The van der Waals surface area contributed by atoms with Crippen molar-refractivity contribution in [1.82, 2.24) is 19.1 Å². The van der Waals surface area contributed by atoms with Crippen molar-refractivity contribution in [3.63, 3.8) is 0 Å². The Bertz CT molecular complexity index is 700. The number of nitrogens with zero attached hydrogens (tertiary/aromatic N) is 3. The first-order chi connectivity index (χ1) is 8.83. The summed E-state index contributed by atoms with van der Waals surface area (Å²) in [4.78, 5) is 30.4. The van der Waals surface area contributed by atoms with Gasteiger partial charge in [0.05, 0.1) is 6.33 Å². The zero-order valence-corrected chi connectivity index (χ0v) is 11.9. The van der Waals surface area contributed by atoms with Crippen LogP contribution in [0.3, 0.4) is 0 Å². The molecule has 104 valence electrons. The monoisotopic (exact) mass is 264 g/mol. The van der Waals surface area contributed by atoms with Gasteiger partial charge in [-0.15, -0.1) is 0 Å². The molecule has 0 atom stereocenters. The molecule has 19 heavy (non-hydrogen) atoms. The quantitative estimate of drug-likeness (QED) is 0.909. The van der Waals surface area contributed by atoms with E-state index in [2.05, 4.69) is 30.7 Å². The normalized spacial score (nSPS) is 12.2. The first-order valence-corrected chi connectivity index (χ1v) is 6.51. The van der Waals surface area contributed by atoms with E-state index < -0.39 is 0 Å². The van der Waals surface area contributed by atoms with Crippen LogP contribution in [0.5, 0.6) is 0 Å². The molecule has 0 aliphatic rings. The Morgan fingerprint density at radius 3 is 2.58 bits per heavy atom. The summed E-state index contributed by atoms with van der Waals surface area (Å²) in [6.45, 7) is 9.49. The molecule has 2 aromatic heterocycles. The summed E-state index contributed by atoms with van der Waals surface area (Å²) >= 11 is 0. The van der Waals surface area contributed by atoms with Gasteiger partial charge in [-0.3, -0.25) is 14.3 Å². The van der Waals surface area contributed by atoms with Gasteiger partial charge in [0.25, 0.3) is 5.56 Å². The summed E-state index contributed by atoms with van der Waals surface area (Å²) in [5.74, 6) is 0. The number of aromatic amines is 1. The van der Waals surface area contributed by atoms with Crippen molar-refractivity contribution >= 4 is 11.2 Å². The molecule has 0 aromatic carbocycles. The van der Waals surface area contributed by atoms with Crippen LogP contribution in [0.1, 0.15) is 34.1 Å². The molecular formula is C13H20N4O2. The average Bonchev–Trinajstić information content (AvgIpc) is 2.66. The third kappa shape index (κ3) is 2.62. The van der Waals surface area contributed by atoms with E-state index in [4.69, 9.17) is 0 Å². The van der Waals surface area contributed by atoms with Gasteiger partial charge in [0, 0.05) is 13.1 Å². The molecule has 0 radical (unpaired) electrons. The van der Waals surface area contributed by atoms with Gasteiger partial charge in [-0.05, 0) is 11.8 Å². The molecule has 2 rings (SSSR count). The Morgan fingerprint density at radius 2 is 2.00 bits per heavy atom. The Morgan fingerprint density at radius 1 is 1.32 bits per heavy atom. The van der Waals surface area contributed by atoms with E-state index in [-0.39, 0.29) is 16.7 Å². The molecule has 0 aliphatic heterocycles. The molecule has 0 aliphatic carbocycles. The van der Waals surface area contributed by atoms with Crippen LogP contribution < -0.4 is 11.2 Å². The second-order valence-corrected chi connectivity index (χ2v) is 6.02. The maximum atomic E-state index is 12.0. The van der Waals surface area contributed by atoms with Crippen molar-refractivity contribution in [3.05, 3.63) is 27.2 Å². The zero-order valence-electron chi connectivity index (χ0n) is 11.9. The zero-order chi connectivity index (χ0) is 14.2. The van der Waals surface area contributed by atoms with E-state index in [1.807, 2.05) is 11.5 Å². The molecule has 0 saturated heterocycles. The predicted octanol–water partition coefficient (Wildman–Crippen LogP) is 1.34. The van der Waals surface area contributed by atoms with Crippen molar-refractivity contribution in [2.24, 2.45) is 5.41 Å². The van der Waals surface area contributed by atoms with Gasteiger partial charge in [-0.25, -0.2) is 9.78 Å². The standard InChI is InChI=1S/C13H20N4O2/c1-5-6-17-10-9(11(18)15-12(17)19)16(8-14-10)7-13(2,3)4/h8H,5-7H2,1-4H3,(H,15,18,19). The summed E-state index contributed by atoms with van der Waals surface area (Å²) in [6, 6.07) is 0. The number of aromatic nitrogens is 4. The van der Waals surface area contributed by atoms with Crippen molar-refractivity contribution < 1.29 is 0 Å². The van der Waals surface area contributed by atoms with Crippen LogP contribution in [0.25, 0.3) is 11.2 Å². The Labute approximate surface area is 111 Å². The van der Waals surface area contributed by atoms with Gasteiger partial charge in [0.2, 0.25) is 0 Å². The molecule has 0 unspecified atom stereocenters. The highest BCUT2D eigenvalue weighted by Crippen LogP contribution is 2.18. The molecule has 1 N–H and O–H groups in total. The van der Waals surface area contributed by atoms with Crippen LogP contribution in [-0.2, 0) is 13.1 Å². The van der Waals surface area contributed by atoms with E-state index in [1.165, 1.54) is 4.57 Å². The maximum Gasteiger partial charge on any atom is 0.330 e. The first kappa shape index (κ1) is 13.6. The second-order valence-electron chi connectivity index (χ2n) is 6.02. The van der Waals surface area contributed by atoms with E-state index in [1.54, 1.807) is 6.33 Å². The highest BCUT2D eigenvalue weighted by molar-refractivity contribution is 5.69. The van der Waals surface area contributed by atoms with E-state index >= 15 is 0 Å². The molecule has 0 spiro atoms. The SMILES string of the molecule is CCCn1c(=O)[nH]c(=O)c2c1ncn2CC(C)(C)C. The molecule has 6 heteroatoms. The Kier molecular flexibility index (Phi) is 3.34. The van der Waals surface area contributed by atoms with Crippen LogP contribution in [0.4, 0.5) is 0 Å². The van der Waals surface area contributed by atoms with Gasteiger partial charge in [0.1, 0.15) is 0 Å². The van der Waals surface area contributed by atoms with E-state index in [9.17, 15) is 9.59 Å². The van der Waals surface area contributed by atoms with Gasteiger partial charge < -0.3 is 4.57 Å². The molecule has 0 amide bonds. The van der Waals surface area contributed by atoms with Crippen molar-refractivity contribution in [2.75, 3.05) is 0 Å². The lowest BCUT2D eigenvalue weighted by Gasteiger charge is -2.18. The molecular weight excluding hydrogens is 244 g/mol. The molecule has 2 aromatic rings. The minimum atomic E-state index is -0.389. The fraction of sp³-hybridized carbons (Fsp3) is 0.615. The van der Waals surface area contributed by atoms with Gasteiger partial charge in [-0.2, -0.15) is 0 Å². The van der Waals surface area contributed by atoms with Crippen LogP contribution in [0.15, 0.2) is 15.9 Å². The highest BCUT2D eigenvalue weighted by atomic mass is 16.2. The number of hydrogen-bond acceptors (Lipinski definition) is 3. The largest absolute Gasteiger partial charge is 0.330 e. The van der Waals surface area contributed by atoms with E-state index in [0.29, 0.717) is 24.3 Å². The summed E-state index contributed by atoms with van der Waals surface area (Å²) in [7, 11) is 0. The number of rotatable bonds is 3. The van der Waals surface area contributed by atoms with Crippen molar-refractivity contribution in [1.29, 1.82) is 0 Å². The topological polar surface area (TPSA) is 72.7 Å². The summed E-state index contributed by atoms with van der Waals surface area (Å²) in [5.41, 5.74) is 0.225. The summed E-state index contributed by atoms with van der Waals surface area (Å²) < 4.78 is 3.34.